The van der Waals surface area contributed by atoms with Crippen molar-refractivity contribution in [2.24, 2.45) is 11.3 Å². The average molecular weight is 674 g/mol. The average Bonchev–Trinajstić information content (AvgIpc) is 3.99. The van der Waals surface area contributed by atoms with Crippen LogP contribution >= 0.6 is 0 Å². The number of hydrogen-bond acceptors (Lipinski definition) is 5. The predicted molar refractivity (Wildman–Crippen MR) is 162 cm³/mol. The number of nitrogens with one attached hydrogen (secondary N) is 3. The Labute approximate surface area is 272 Å². The van der Waals surface area contributed by atoms with Crippen LogP contribution in [0.1, 0.15) is 48.3 Å². The zero-order valence-corrected chi connectivity index (χ0v) is 25.6. The van der Waals surface area contributed by atoms with Crippen molar-refractivity contribution in [3.63, 3.8) is 0 Å². The fourth-order valence-corrected chi connectivity index (χ4v) is 7.14. The molecule has 0 aromatic heterocycles. The standard InChI is InChI=1S/C35H33F6N3O4/c36-24-7-4-8-27(44-30(45)32(11-12-32)29(20-5-2-1-3-6-20)21-9-10-25(37)26(38)13-21)23(24)14-22-15-34(22)17-43-33(19-47-34)16-28(33)48-31(46)42-18-35(39,40)41/h1-10,13,22,28-29,43H,11-12,14-19H2,(H,42,46)(H,44,45)/t22-,28-,29+,33?,34?/m0/s1. The first kappa shape index (κ1) is 32.4. The van der Waals surface area contributed by atoms with Gasteiger partial charge in [0.15, 0.2) is 11.6 Å². The third-order valence-electron chi connectivity index (χ3n) is 10.2. The molecule has 3 saturated carbocycles. The Kier molecular flexibility index (Phi) is 7.97. The molecule has 1 saturated heterocycles. The number of morpholine rings is 1. The minimum absolute atomic E-state index is 0.0859. The SMILES string of the molecule is O=C(NCC(F)(F)F)O[C@H]1CC12COC1(CN2)C[C@@H]1Cc1c(F)cccc1NC(=O)C1([C@H](c2ccccc2)c2ccc(F)c(F)c2)CC1. The highest BCUT2D eigenvalue weighted by molar-refractivity contribution is 5.99. The molecule has 48 heavy (non-hydrogen) atoms. The van der Waals surface area contributed by atoms with E-state index in [9.17, 15) is 31.5 Å². The van der Waals surface area contributed by atoms with Crippen LogP contribution in [0.3, 0.4) is 0 Å². The first-order chi connectivity index (χ1) is 22.8. The summed E-state index contributed by atoms with van der Waals surface area (Å²) in [5.41, 5.74) is -0.322. The zero-order valence-electron chi connectivity index (χ0n) is 25.6. The summed E-state index contributed by atoms with van der Waals surface area (Å²) >= 11 is 0. The first-order valence-electron chi connectivity index (χ1n) is 15.8. The van der Waals surface area contributed by atoms with E-state index in [-0.39, 0.29) is 24.9 Å². The lowest BCUT2D eigenvalue weighted by Gasteiger charge is -2.32. The summed E-state index contributed by atoms with van der Waals surface area (Å²) in [4.78, 5) is 25.8. The molecule has 3 aliphatic carbocycles. The van der Waals surface area contributed by atoms with Gasteiger partial charge in [-0.05, 0) is 67.0 Å². The van der Waals surface area contributed by atoms with E-state index < -0.39 is 64.8 Å². The topological polar surface area (TPSA) is 88.7 Å². The smallest absolute Gasteiger partial charge is 0.407 e. The van der Waals surface area contributed by atoms with E-state index in [0.717, 1.165) is 17.7 Å². The maximum absolute atomic E-state index is 15.4. The van der Waals surface area contributed by atoms with Crippen molar-refractivity contribution in [1.29, 1.82) is 0 Å². The Balaban J connectivity index is 1.02. The Bertz CT molecular complexity index is 1720. The highest BCUT2D eigenvalue weighted by Gasteiger charge is 2.66. The van der Waals surface area contributed by atoms with Crippen molar-refractivity contribution in [1.82, 2.24) is 10.6 Å². The first-order valence-corrected chi connectivity index (χ1v) is 15.8. The van der Waals surface area contributed by atoms with Crippen molar-refractivity contribution in [2.75, 3.05) is 25.0 Å². The number of alkyl carbamates (subject to hydrolysis) is 1. The molecule has 0 bridgehead atoms. The Morgan fingerprint density at radius 2 is 1.71 bits per heavy atom. The number of carbonyl (C=O) groups is 2. The number of halogens is 6. The maximum Gasteiger partial charge on any atom is 0.407 e. The van der Waals surface area contributed by atoms with Crippen LogP contribution in [0.5, 0.6) is 0 Å². The summed E-state index contributed by atoms with van der Waals surface area (Å²) in [6, 6.07) is 17.3. The largest absolute Gasteiger partial charge is 0.444 e. The van der Waals surface area contributed by atoms with Crippen LogP contribution < -0.4 is 16.0 Å². The third kappa shape index (κ3) is 6.25. The van der Waals surface area contributed by atoms with Crippen molar-refractivity contribution in [3.8, 4) is 0 Å². The number of hydrogen-bond donors (Lipinski definition) is 3. The van der Waals surface area contributed by atoms with Gasteiger partial charge in [-0.25, -0.2) is 18.0 Å². The molecule has 0 radical (unpaired) electrons. The van der Waals surface area contributed by atoms with E-state index in [0.29, 0.717) is 49.0 Å². The molecule has 3 aromatic rings. The highest BCUT2D eigenvalue weighted by atomic mass is 19.4. The second-order valence-electron chi connectivity index (χ2n) is 13.4. The van der Waals surface area contributed by atoms with Gasteiger partial charge in [-0.2, -0.15) is 13.2 Å². The molecule has 4 fully saturated rings. The van der Waals surface area contributed by atoms with Crippen LogP contribution in [0.2, 0.25) is 0 Å². The predicted octanol–water partition coefficient (Wildman–Crippen LogP) is 6.38. The van der Waals surface area contributed by atoms with E-state index in [1.54, 1.807) is 11.4 Å². The normalized spacial score (nSPS) is 27.3. The van der Waals surface area contributed by atoms with Gasteiger partial charge in [0.1, 0.15) is 18.5 Å². The molecule has 2 spiro atoms. The molecule has 3 aromatic carbocycles. The summed E-state index contributed by atoms with van der Waals surface area (Å²) in [7, 11) is 0. The van der Waals surface area contributed by atoms with Gasteiger partial charge in [0.25, 0.3) is 0 Å². The van der Waals surface area contributed by atoms with Gasteiger partial charge in [0.2, 0.25) is 5.91 Å². The van der Waals surface area contributed by atoms with Gasteiger partial charge in [-0.15, -0.1) is 0 Å². The molecule has 254 valence electrons. The molecule has 5 atom stereocenters. The van der Waals surface area contributed by atoms with E-state index >= 15 is 4.39 Å². The Morgan fingerprint density at radius 1 is 0.938 bits per heavy atom. The molecular weight excluding hydrogens is 640 g/mol. The van der Waals surface area contributed by atoms with Gasteiger partial charge in [-0.1, -0.05) is 42.5 Å². The van der Waals surface area contributed by atoms with Crippen LogP contribution in [0.15, 0.2) is 66.7 Å². The van der Waals surface area contributed by atoms with E-state index in [1.165, 1.54) is 18.2 Å². The van der Waals surface area contributed by atoms with Gasteiger partial charge in [0.05, 0.1) is 23.2 Å². The molecule has 4 aliphatic rings. The Hall–Kier alpha value is -4.10. The number of ether oxygens (including phenoxy) is 2. The number of alkyl halides is 3. The summed E-state index contributed by atoms with van der Waals surface area (Å²) in [6.45, 7) is -0.926. The highest BCUT2D eigenvalue weighted by Crippen LogP contribution is 2.60. The van der Waals surface area contributed by atoms with Crippen molar-refractivity contribution < 1.29 is 45.4 Å². The molecular formula is C35H33F6N3O4. The molecule has 1 aliphatic heterocycles. The second-order valence-corrected chi connectivity index (χ2v) is 13.4. The third-order valence-corrected chi connectivity index (χ3v) is 10.2. The zero-order chi connectivity index (χ0) is 33.9. The van der Waals surface area contributed by atoms with Gasteiger partial charge in [-0.3, -0.25) is 4.79 Å². The van der Waals surface area contributed by atoms with E-state index in [2.05, 4.69) is 10.6 Å². The number of amides is 2. The molecule has 7 rings (SSSR count). The summed E-state index contributed by atoms with van der Waals surface area (Å²) in [5.74, 6) is -3.45. The lowest BCUT2D eigenvalue weighted by Crippen LogP contribution is -2.53. The molecule has 7 nitrogen and oxygen atoms in total. The monoisotopic (exact) mass is 673 g/mol. The lowest BCUT2D eigenvalue weighted by molar-refractivity contribution is -0.124. The minimum atomic E-state index is -4.55. The summed E-state index contributed by atoms with van der Waals surface area (Å²) in [5, 5.41) is 8.00. The molecule has 2 amide bonds. The number of rotatable bonds is 9. The second kappa shape index (κ2) is 11.8. The lowest BCUT2D eigenvalue weighted by atomic mass is 9.77. The number of benzene rings is 3. The van der Waals surface area contributed by atoms with Crippen LogP contribution in [0.25, 0.3) is 0 Å². The Morgan fingerprint density at radius 3 is 2.38 bits per heavy atom. The minimum Gasteiger partial charge on any atom is -0.444 e. The summed E-state index contributed by atoms with van der Waals surface area (Å²) in [6.07, 6.45) is -4.03. The van der Waals surface area contributed by atoms with E-state index in [1.807, 2.05) is 30.3 Å². The van der Waals surface area contributed by atoms with Crippen molar-refractivity contribution in [3.05, 3.63) is 101 Å². The van der Waals surface area contributed by atoms with Crippen LogP contribution in [0, 0.1) is 28.8 Å². The van der Waals surface area contributed by atoms with E-state index in [4.69, 9.17) is 9.47 Å². The molecule has 3 N–H and O–H groups in total. The van der Waals surface area contributed by atoms with Gasteiger partial charge >= 0.3 is 12.3 Å². The van der Waals surface area contributed by atoms with Crippen molar-refractivity contribution in [2.45, 2.75) is 61.4 Å². The number of anilines is 1. The molecule has 13 heteroatoms. The fraction of sp³-hybridized carbons (Fsp3) is 0.429. The van der Waals surface area contributed by atoms with Gasteiger partial charge < -0.3 is 25.4 Å². The fourth-order valence-electron chi connectivity index (χ4n) is 7.14. The van der Waals surface area contributed by atoms with Crippen molar-refractivity contribution >= 4 is 17.7 Å². The quantitative estimate of drug-likeness (QED) is 0.230. The van der Waals surface area contributed by atoms with Crippen LogP contribution in [-0.4, -0.2) is 55.1 Å². The molecule has 1 heterocycles. The maximum atomic E-state index is 15.4. The molecule has 2 unspecified atom stereocenters. The number of carbonyl (C=O) groups excluding carboxylic acids is 2. The summed E-state index contributed by atoms with van der Waals surface area (Å²) < 4.78 is 92.1. The van der Waals surface area contributed by atoms with Crippen LogP contribution in [0.4, 0.5) is 36.8 Å². The van der Waals surface area contributed by atoms with Gasteiger partial charge in [0, 0.05) is 30.1 Å². The van der Waals surface area contributed by atoms with Crippen LogP contribution in [-0.2, 0) is 20.7 Å².